The number of carbonyl (C=O) groups is 1. The SMILES string of the molecule is CC(=O)/C=C/CC(F)(F)C(F)(F)F. The molecule has 1 nitrogen and oxygen atoms in total. The maximum Gasteiger partial charge on any atom is 0.453 e. The van der Waals surface area contributed by atoms with E-state index in [-0.39, 0.29) is 0 Å². The number of halogens is 5. The molecule has 0 fully saturated rings. The van der Waals surface area contributed by atoms with Crippen molar-refractivity contribution in [2.24, 2.45) is 0 Å². The van der Waals surface area contributed by atoms with E-state index in [0.717, 1.165) is 6.92 Å². The molecular formula is C7H7F5O. The van der Waals surface area contributed by atoms with Crippen LogP contribution < -0.4 is 0 Å². The second kappa shape index (κ2) is 3.85. The third-order valence-corrected chi connectivity index (χ3v) is 1.14. The lowest BCUT2D eigenvalue weighted by Gasteiger charge is -2.17. The molecule has 0 aromatic heterocycles. The molecule has 0 rings (SSSR count). The van der Waals surface area contributed by atoms with Crippen molar-refractivity contribution < 1.29 is 26.7 Å². The average Bonchev–Trinajstić information content (AvgIpc) is 1.82. The van der Waals surface area contributed by atoms with Crippen molar-refractivity contribution in [2.75, 3.05) is 0 Å². The lowest BCUT2D eigenvalue weighted by molar-refractivity contribution is -0.280. The number of allylic oxidation sites excluding steroid dienone is 2. The van der Waals surface area contributed by atoms with Crippen LogP contribution in [0.2, 0.25) is 0 Å². The highest BCUT2D eigenvalue weighted by molar-refractivity contribution is 5.87. The predicted molar refractivity (Wildman–Crippen MR) is 35.4 cm³/mol. The van der Waals surface area contributed by atoms with Crippen LogP contribution in [-0.2, 0) is 4.79 Å². The third kappa shape index (κ3) is 4.00. The number of ketones is 1. The monoisotopic (exact) mass is 202 g/mol. The first kappa shape index (κ1) is 12.1. The summed E-state index contributed by atoms with van der Waals surface area (Å²) in [5.74, 6) is -5.34. The molecule has 0 saturated carbocycles. The van der Waals surface area contributed by atoms with Gasteiger partial charge in [0, 0.05) is 6.42 Å². The highest BCUT2D eigenvalue weighted by Crippen LogP contribution is 2.38. The summed E-state index contributed by atoms with van der Waals surface area (Å²) in [7, 11) is 0. The summed E-state index contributed by atoms with van der Waals surface area (Å²) in [6.45, 7) is 1.06. The average molecular weight is 202 g/mol. The third-order valence-electron chi connectivity index (χ3n) is 1.14. The Labute approximate surface area is 71.2 Å². The molecule has 0 N–H and O–H groups in total. The Hall–Kier alpha value is -0.940. The number of carbonyl (C=O) groups excluding carboxylic acids is 1. The zero-order valence-corrected chi connectivity index (χ0v) is 6.66. The van der Waals surface area contributed by atoms with Crippen molar-refractivity contribution in [3.63, 3.8) is 0 Å². The first-order chi connectivity index (χ1) is 5.67. The van der Waals surface area contributed by atoms with Gasteiger partial charge in [0.15, 0.2) is 5.78 Å². The van der Waals surface area contributed by atoms with Crippen LogP contribution in [-0.4, -0.2) is 17.9 Å². The maximum atomic E-state index is 12.1. The molecule has 0 unspecified atom stereocenters. The van der Waals surface area contributed by atoms with Gasteiger partial charge in [-0.15, -0.1) is 0 Å². The molecule has 0 amide bonds. The van der Waals surface area contributed by atoms with E-state index < -0.39 is 24.3 Å². The summed E-state index contributed by atoms with van der Waals surface area (Å²) < 4.78 is 58.7. The molecule has 0 bridgehead atoms. The largest absolute Gasteiger partial charge is 0.453 e. The van der Waals surface area contributed by atoms with Crippen LogP contribution in [0.4, 0.5) is 22.0 Å². The second-order valence-corrected chi connectivity index (χ2v) is 2.42. The molecule has 0 aromatic rings. The molecule has 13 heavy (non-hydrogen) atoms. The lowest BCUT2D eigenvalue weighted by atomic mass is 10.2. The van der Waals surface area contributed by atoms with E-state index >= 15 is 0 Å². The van der Waals surface area contributed by atoms with E-state index in [1.165, 1.54) is 0 Å². The Balaban J connectivity index is 4.27. The summed E-state index contributed by atoms with van der Waals surface area (Å²) in [5, 5.41) is 0. The van der Waals surface area contributed by atoms with E-state index in [2.05, 4.69) is 0 Å². The van der Waals surface area contributed by atoms with Gasteiger partial charge >= 0.3 is 12.1 Å². The highest BCUT2D eigenvalue weighted by Gasteiger charge is 2.56. The smallest absolute Gasteiger partial charge is 0.295 e. The summed E-state index contributed by atoms with van der Waals surface area (Å²) in [6, 6.07) is 0. The van der Waals surface area contributed by atoms with Gasteiger partial charge in [-0.3, -0.25) is 4.79 Å². The topological polar surface area (TPSA) is 17.1 Å². The molecule has 0 heterocycles. The van der Waals surface area contributed by atoms with Crippen LogP contribution in [0.15, 0.2) is 12.2 Å². The summed E-state index contributed by atoms with van der Waals surface area (Å²) in [6.07, 6.45) is -5.88. The van der Waals surface area contributed by atoms with Crippen molar-refractivity contribution in [2.45, 2.75) is 25.4 Å². The molecule has 0 aliphatic rings. The number of hydrogen-bond acceptors (Lipinski definition) is 1. The number of alkyl halides is 5. The van der Waals surface area contributed by atoms with Crippen molar-refractivity contribution in [1.29, 1.82) is 0 Å². The van der Waals surface area contributed by atoms with Gasteiger partial charge in [0.05, 0.1) is 0 Å². The van der Waals surface area contributed by atoms with Crippen LogP contribution in [0.25, 0.3) is 0 Å². The fourth-order valence-electron chi connectivity index (χ4n) is 0.489. The number of hydrogen-bond donors (Lipinski definition) is 0. The molecule has 0 saturated heterocycles. The molecular weight excluding hydrogens is 195 g/mol. The van der Waals surface area contributed by atoms with Crippen LogP contribution in [0.3, 0.4) is 0 Å². The minimum absolute atomic E-state index is 0.510. The van der Waals surface area contributed by atoms with Crippen LogP contribution in [0.1, 0.15) is 13.3 Å². The van der Waals surface area contributed by atoms with E-state index in [1.54, 1.807) is 0 Å². The first-order valence-electron chi connectivity index (χ1n) is 3.28. The zero-order valence-electron chi connectivity index (χ0n) is 6.66. The summed E-state index contributed by atoms with van der Waals surface area (Å²) >= 11 is 0. The summed E-state index contributed by atoms with van der Waals surface area (Å²) in [5.41, 5.74) is 0. The second-order valence-electron chi connectivity index (χ2n) is 2.42. The highest BCUT2D eigenvalue weighted by atomic mass is 19.4. The summed E-state index contributed by atoms with van der Waals surface area (Å²) in [4.78, 5) is 10.2. The minimum atomic E-state index is -5.56. The Bertz CT molecular complexity index is 215. The molecule has 0 spiro atoms. The van der Waals surface area contributed by atoms with Crippen molar-refractivity contribution in [1.82, 2.24) is 0 Å². The normalized spacial score (nSPS) is 13.7. The maximum absolute atomic E-state index is 12.1. The molecule has 0 aliphatic carbocycles. The molecule has 0 radical (unpaired) electrons. The van der Waals surface area contributed by atoms with E-state index in [9.17, 15) is 26.7 Å². The molecule has 0 aliphatic heterocycles. The molecule has 0 atom stereocenters. The Kier molecular flexibility index (Phi) is 3.57. The minimum Gasteiger partial charge on any atom is -0.295 e. The Morgan fingerprint density at radius 1 is 1.23 bits per heavy atom. The molecule has 6 heteroatoms. The van der Waals surface area contributed by atoms with Gasteiger partial charge in [-0.1, -0.05) is 6.08 Å². The van der Waals surface area contributed by atoms with Crippen molar-refractivity contribution in [3.05, 3.63) is 12.2 Å². The Morgan fingerprint density at radius 3 is 2.00 bits per heavy atom. The fourth-order valence-corrected chi connectivity index (χ4v) is 0.489. The lowest BCUT2D eigenvalue weighted by Crippen LogP contribution is -2.35. The van der Waals surface area contributed by atoms with Crippen molar-refractivity contribution >= 4 is 5.78 Å². The van der Waals surface area contributed by atoms with E-state index in [1.807, 2.05) is 0 Å². The van der Waals surface area contributed by atoms with Crippen LogP contribution in [0.5, 0.6) is 0 Å². The van der Waals surface area contributed by atoms with Gasteiger partial charge in [0.1, 0.15) is 0 Å². The van der Waals surface area contributed by atoms with E-state index in [0.29, 0.717) is 12.2 Å². The number of rotatable bonds is 3. The van der Waals surface area contributed by atoms with Gasteiger partial charge in [0.25, 0.3) is 0 Å². The fraction of sp³-hybridized carbons (Fsp3) is 0.571. The van der Waals surface area contributed by atoms with Crippen LogP contribution >= 0.6 is 0 Å². The molecule has 76 valence electrons. The van der Waals surface area contributed by atoms with Gasteiger partial charge in [-0.25, -0.2) is 0 Å². The Morgan fingerprint density at radius 2 is 1.69 bits per heavy atom. The van der Waals surface area contributed by atoms with Gasteiger partial charge in [-0.2, -0.15) is 22.0 Å². The van der Waals surface area contributed by atoms with Crippen molar-refractivity contribution in [3.8, 4) is 0 Å². The van der Waals surface area contributed by atoms with Gasteiger partial charge in [0.2, 0.25) is 0 Å². The van der Waals surface area contributed by atoms with Gasteiger partial charge < -0.3 is 0 Å². The van der Waals surface area contributed by atoms with E-state index in [4.69, 9.17) is 0 Å². The predicted octanol–water partition coefficient (Wildman–Crippen LogP) is 2.72. The standard InChI is InChI=1S/C7H7F5O/c1-5(13)3-2-4-6(8,9)7(10,11)12/h2-3H,4H2,1H3/b3-2+. The molecule has 0 aromatic carbocycles. The quantitative estimate of drug-likeness (QED) is 0.508. The van der Waals surface area contributed by atoms with Gasteiger partial charge in [-0.05, 0) is 13.0 Å². The van der Waals surface area contributed by atoms with Crippen LogP contribution in [0, 0.1) is 0 Å². The first-order valence-corrected chi connectivity index (χ1v) is 3.28. The zero-order chi connectivity index (χ0) is 10.7.